The normalized spacial score (nSPS) is 15.6. The van der Waals surface area contributed by atoms with Crippen LogP contribution in [-0.4, -0.2) is 66.8 Å². The number of nitrogens with zero attached hydrogens (tertiary/aromatic N) is 2. The highest BCUT2D eigenvalue weighted by atomic mass is 16.3. The molecule has 3 amide bonds. The first-order chi connectivity index (χ1) is 14.0. The molecule has 0 spiro atoms. The van der Waals surface area contributed by atoms with E-state index in [1.165, 1.54) is 6.26 Å². The number of hydrogen-bond donors (Lipinski definition) is 2. The summed E-state index contributed by atoms with van der Waals surface area (Å²) in [6.07, 6.45) is 1.49. The smallest absolute Gasteiger partial charge is 0.309 e. The molecule has 29 heavy (non-hydrogen) atoms. The number of rotatable bonds is 6. The molecule has 8 nitrogen and oxygen atoms in total. The van der Waals surface area contributed by atoms with E-state index in [0.717, 1.165) is 5.56 Å². The predicted molar refractivity (Wildman–Crippen MR) is 107 cm³/mol. The number of carbonyl (C=O) groups excluding carboxylic acids is 3. The third-order valence-electron chi connectivity index (χ3n) is 4.96. The molecular weight excluding hydrogens is 372 g/mol. The van der Waals surface area contributed by atoms with Gasteiger partial charge in [0.1, 0.15) is 0 Å². The zero-order chi connectivity index (χ0) is 20.6. The van der Waals surface area contributed by atoms with Crippen molar-refractivity contribution in [3.05, 3.63) is 60.1 Å². The Kier molecular flexibility index (Phi) is 7.02. The van der Waals surface area contributed by atoms with Gasteiger partial charge >= 0.3 is 11.8 Å². The maximum atomic E-state index is 12.2. The maximum Gasteiger partial charge on any atom is 0.309 e. The Morgan fingerprint density at radius 3 is 2.38 bits per heavy atom. The fourth-order valence-corrected chi connectivity index (χ4v) is 3.23. The summed E-state index contributed by atoms with van der Waals surface area (Å²) in [5.41, 5.74) is 0.940. The molecule has 1 aromatic carbocycles. The van der Waals surface area contributed by atoms with Crippen molar-refractivity contribution >= 4 is 17.7 Å². The number of nitrogens with one attached hydrogen (secondary N) is 2. The van der Waals surface area contributed by atoms with Crippen molar-refractivity contribution in [2.75, 3.05) is 39.3 Å². The predicted octanol–water partition coefficient (Wildman–Crippen LogP) is 1.03. The van der Waals surface area contributed by atoms with E-state index < -0.39 is 11.8 Å². The van der Waals surface area contributed by atoms with Gasteiger partial charge in [-0.05, 0) is 24.6 Å². The van der Waals surface area contributed by atoms with Gasteiger partial charge in [-0.25, -0.2) is 0 Å². The van der Waals surface area contributed by atoms with Gasteiger partial charge in [-0.1, -0.05) is 30.3 Å². The summed E-state index contributed by atoms with van der Waals surface area (Å²) in [5.74, 6) is -1.04. The van der Waals surface area contributed by atoms with Crippen molar-refractivity contribution < 1.29 is 18.8 Å². The second-order valence-electron chi connectivity index (χ2n) is 6.97. The van der Waals surface area contributed by atoms with E-state index in [1.54, 1.807) is 17.0 Å². The van der Waals surface area contributed by atoms with Crippen LogP contribution in [0.25, 0.3) is 0 Å². The second kappa shape index (κ2) is 9.88. The average molecular weight is 398 g/mol. The summed E-state index contributed by atoms with van der Waals surface area (Å²) in [5, 5.41) is 5.35. The second-order valence-corrected chi connectivity index (χ2v) is 6.97. The molecule has 154 valence electrons. The molecule has 1 saturated heterocycles. The van der Waals surface area contributed by atoms with Gasteiger partial charge < -0.3 is 20.0 Å². The van der Waals surface area contributed by atoms with Gasteiger partial charge in [0.2, 0.25) is 0 Å². The third-order valence-corrected chi connectivity index (χ3v) is 4.96. The van der Waals surface area contributed by atoms with Crippen LogP contribution in [0.3, 0.4) is 0 Å². The van der Waals surface area contributed by atoms with Crippen LogP contribution in [0.15, 0.2) is 53.1 Å². The molecule has 2 heterocycles. The van der Waals surface area contributed by atoms with Crippen molar-refractivity contribution in [2.45, 2.75) is 13.0 Å². The molecule has 2 N–H and O–H groups in total. The summed E-state index contributed by atoms with van der Waals surface area (Å²) in [4.78, 5) is 40.2. The highest BCUT2D eigenvalue weighted by Crippen LogP contribution is 2.11. The van der Waals surface area contributed by atoms with Gasteiger partial charge in [-0.15, -0.1) is 0 Å². The van der Waals surface area contributed by atoms with E-state index in [-0.39, 0.29) is 11.9 Å². The Hall–Kier alpha value is -3.13. The minimum atomic E-state index is -0.643. The van der Waals surface area contributed by atoms with Gasteiger partial charge in [0, 0.05) is 39.3 Å². The highest BCUT2D eigenvalue weighted by Gasteiger charge is 2.23. The standard InChI is InChI=1S/C21H26N4O4/c1-16(17-6-3-2-4-7-17)23-20(27)19(26)22-9-10-24-11-13-25(14-12-24)21(28)18-8-5-15-29-18/h2-8,15-16H,9-14H2,1H3,(H,22,26)(H,23,27). The van der Waals surface area contributed by atoms with Crippen molar-refractivity contribution in [1.82, 2.24) is 20.4 Å². The van der Waals surface area contributed by atoms with Gasteiger partial charge in [-0.2, -0.15) is 0 Å². The lowest BCUT2D eigenvalue weighted by Crippen LogP contribution is -2.51. The van der Waals surface area contributed by atoms with Gasteiger partial charge in [0.05, 0.1) is 12.3 Å². The van der Waals surface area contributed by atoms with Crippen LogP contribution < -0.4 is 10.6 Å². The van der Waals surface area contributed by atoms with E-state index in [1.807, 2.05) is 37.3 Å². The van der Waals surface area contributed by atoms with Crippen molar-refractivity contribution in [3.8, 4) is 0 Å². The number of benzene rings is 1. The molecule has 0 saturated carbocycles. The van der Waals surface area contributed by atoms with E-state index in [4.69, 9.17) is 4.42 Å². The lowest BCUT2D eigenvalue weighted by Gasteiger charge is -2.34. The highest BCUT2D eigenvalue weighted by molar-refractivity contribution is 6.35. The summed E-state index contributed by atoms with van der Waals surface area (Å²) in [6, 6.07) is 12.6. The molecule has 0 bridgehead atoms. The number of hydrogen-bond acceptors (Lipinski definition) is 5. The molecule has 0 radical (unpaired) electrons. The van der Waals surface area contributed by atoms with Crippen LogP contribution in [-0.2, 0) is 9.59 Å². The molecule has 8 heteroatoms. The summed E-state index contributed by atoms with van der Waals surface area (Å²) >= 11 is 0. The molecule has 1 atom stereocenters. The van der Waals surface area contributed by atoms with Crippen molar-refractivity contribution in [1.29, 1.82) is 0 Å². The number of carbonyl (C=O) groups is 3. The summed E-state index contributed by atoms with van der Waals surface area (Å²) in [7, 11) is 0. The molecule has 1 fully saturated rings. The molecular formula is C21H26N4O4. The molecule has 0 aliphatic carbocycles. The van der Waals surface area contributed by atoms with Crippen LogP contribution >= 0.6 is 0 Å². The minimum Gasteiger partial charge on any atom is -0.459 e. The monoisotopic (exact) mass is 398 g/mol. The Balaban J connectivity index is 1.34. The Morgan fingerprint density at radius 2 is 1.72 bits per heavy atom. The lowest BCUT2D eigenvalue weighted by atomic mass is 10.1. The van der Waals surface area contributed by atoms with E-state index in [0.29, 0.717) is 45.0 Å². The molecule has 1 aliphatic heterocycles. The summed E-state index contributed by atoms with van der Waals surface area (Å²) in [6.45, 7) is 5.45. The van der Waals surface area contributed by atoms with Crippen LogP contribution in [0.1, 0.15) is 29.1 Å². The largest absolute Gasteiger partial charge is 0.459 e. The number of amides is 3. The number of furan rings is 1. The van der Waals surface area contributed by atoms with Crippen LogP contribution in [0.4, 0.5) is 0 Å². The third kappa shape index (κ3) is 5.68. The quantitative estimate of drug-likeness (QED) is 0.709. The first kappa shape index (κ1) is 20.6. The van der Waals surface area contributed by atoms with E-state index in [2.05, 4.69) is 15.5 Å². The average Bonchev–Trinajstić information content (AvgIpc) is 3.29. The van der Waals surface area contributed by atoms with Crippen LogP contribution in [0.2, 0.25) is 0 Å². The zero-order valence-electron chi connectivity index (χ0n) is 16.5. The Bertz CT molecular complexity index is 814. The van der Waals surface area contributed by atoms with Crippen molar-refractivity contribution in [3.63, 3.8) is 0 Å². The first-order valence-electron chi connectivity index (χ1n) is 9.73. The van der Waals surface area contributed by atoms with Crippen LogP contribution in [0.5, 0.6) is 0 Å². The van der Waals surface area contributed by atoms with Gasteiger partial charge in [0.25, 0.3) is 5.91 Å². The van der Waals surface area contributed by atoms with E-state index >= 15 is 0 Å². The molecule has 3 rings (SSSR count). The molecule has 1 unspecified atom stereocenters. The zero-order valence-corrected chi connectivity index (χ0v) is 16.5. The summed E-state index contributed by atoms with van der Waals surface area (Å²) < 4.78 is 5.15. The Morgan fingerprint density at radius 1 is 1.00 bits per heavy atom. The lowest BCUT2D eigenvalue weighted by molar-refractivity contribution is -0.139. The Labute approximate surface area is 169 Å². The topological polar surface area (TPSA) is 94.9 Å². The first-order valence-corrected chi connectivity index (χ1v) is 9.73. The minimum absolute atomic E-state index is 0.104. The number of piperazine rings is 1. The maximum absolute atomic E-state index is 12.2. The fraction of sp³-hybridized carbons (Fsp3) is 0.381. The van der Waals surface area contributed by atoms with Crippen LogP contribution in [0, 0.1) is 0 Å². The molecule has 1 aliphatic rings. The molecule has 1 aromatic heterocycles. The molecule has 2 aromatic rings. The van der Waals surface area contributed by atoms with Gasteiger partial charge in [-0.3, -0.25) is 19.3 Å². The SMILES string of the molecule is CC(NC(=O)C(=O)NCCN1CCN(C(=O)c2ccco2)CC1)c1ccccc1. The van der Waals surface area contributed by atoms with E-state index in [9.17, 15) is 14.4 Å². The fourth-order valence-electron chi connectivity index (χ4n) is 3.23. The van der Waals surface area contributed by atoms with Crippen molar-refractivity contribution in [2.24, 2.45) is 0 Å². The van der Waals surface area contributed by atoms with Gasteiger partial charge in [0.15, 0.2) is 5.76 Å².